The van der Waals surface area contributed by atoms with Crippen molar-refractivity contribution in [2.45, 2.75) is 13.8 Å². The van der Waals surface area contributed by atoms with Crippen LogP contribution in [0.15, 0.2) is 18.6 Å². The van der Waals surface area contributed by atoms with Crippen LogP contribution in [0.2, 0.25) is 0 Å². The van der Waals surface area contributed by atoms with E-state index in [2.05, 4.69) is 4.98 Å². The molecule has 0 saturated carbocycles. The number of thiophene rings is 1. The monoisotopic (exact) mass is 220 g/mol. The summed E-state index contributed by atoms with van der Waals surface area (Å²) in [6.45, 7) is 4.04. The van der Waals surface area contributed by atoms with E-state index in [0.717, 1.165) is 4.88 Å². The van der Waals surface area contributed by atoms with Gasteiger partial charge in [0, 0.05) is 18.1 Å². The molecule has 0 unspecified atom stereocenters. The van der Waals surface area contributed by atoms with E-state index < -0.39 is 0 Å². The fourth-order valence-corrected chi connectivity index (χ4v) is 2.32. The number of nitrogens with zero attached hydrogens (tertiary/aromatic N) is 2. The van der Waals surface area contributed by atoms with Crippen LogP contribution < -0.4 is 0 Å². The molecule has 0 radical (unpaired) electrons. The number of hydrogen-bond donors (Lipinski definition) is 0. The van der Waals surface area contributed by atoms with E-state index in [1.165, 1.54) is 21.8 Å². The molecule has 78 valence electrons. The highest BCUT2D eigenvalue weighted by molar-refractivity contribution is 7.14. The van der Waals surface area contributed by atoms with Gasteiger partial charge in [0.15, 0.2) is 0 Å². The van der Waals surface area contributed by atoms with E-state index in [-0.39, 0.29) is 5.78 Å². The molecule has 0 bridgehead atoms. The fourth-order valence-electron chi connectivity index (χ4n) is 1.34. The number of carbonyl (C=O) groups excluding carboxylic acids is 1. The summed E-state index contributed by atoms with van der Waals surface area (Å²) < 4.78 is 1.78. The lowest BCUT2D eigenvalue weighted by Crippen LogP contribution is -1.98. The molecule has 0 aliphatic heterocycles. The van der Waals surface area contributed by atoms with Crippen molar-refractivity contribution in [3.05, 3.63) is 39.6 Å². The predicted octanol–water partition coefficient (Wildman–Crippen LogP) is 2.33. The van der Waals surface area contributed by atoms with Gasteiger partial charge in [-0.15, -0.1) is 11.3 Å². The van der Waals surface area contributed by atoms with E-state index in [4.69, 9.17) is 0 Å². The van der Waals surface area contributed by atoms with Crippen LogP contribution in [0.5, 0.6) is 0 Å². The summed E-state index contributed by atoms with van der Waals surface area (Å²) in [5.74, 6) is 0.0109. The lowest BCUT2D eigenvalue weighted by atomic mass is 10.2. The second-order valence-corrected chi connectivity index (χ2v) is 4.86. The fraction of sp³-hybridized carbons (Fsp3) is 0.273. The van der Waals surface area contributed by atoms with Gasteiger partial charge in [-0.05, 0) is 25.5 Å². The molecule has 2 aromatic heterocycles. The largest absolute Gasteiger partial charge is 0.340 e. The second kappa shape index (κ2) is 3.62. The molecule has 2 heterocycles. The smallest absolute Gasteiger partial charge is 0.222 e. The molecule has 2 aromatic rings. The third kappa shape index (κ3) is 1.85. The molecule has 0 aliphatic carbocycles. The lowest BCUT2D eigenvalue weighted by molar-refractivity contribution is 0.103. The molecule has 0 fully saturated rings. The molecule has 0 atom stereocenters. The molecule has 0 aromatic carbocycles. The molecule has 0 N–H and O–H groups in total. The third-order valence-electron chi connectivity index (χ3n) is 2.33. The minimum Gasteiger partial charge on any atom is -0.340 e. The Labute approximate surface area is 92.4 Å². The van der Waals surface area contributed by atoms with Gasteiger partial charge in [0.1, 0.15) is 5.69 Å². The van der Waals surface area contributed by atoms with Crippen molar-refractivity contribution >= 4 is 17.1 Å². The number of imidazole rings is 1. The lowest BCUT2D eigenvalue weighted by Gasteiger charge is -1.90. The van der Waals surface area contributed by atoms with E-state index in [1.54, 1.807) is 17.1 Å². The number of aromatic nitrogens is 2. The summed E-state index contributed by atoms with van der Waals surface area (Å²) in [7, 11) is 1.86. The Morgan fingerprint density at radius 2 is 2.20 bits per heavy atom. The predicted molar refractivity (Wildman–Crippen MR) is 60.4 cm³/mol. The van der Waals surface area contributed by atoms with Gasteiger partial charge in [0.2, 0.25) is 5.78 Å². The maximum atomic E-state index is 12.0. The quantitative estimate of drug-likeness (QED) is 0.728. The van der Waals surface area contributed by atoms with Crippen molar-refractivity contribution in [3.8, 4) is 0 Å². The summed E-state index contributed by atoms with van der Waals surface area (Å²) in [6.07, 6.45) is 3.38. The summed E-state index contributed by atoms with van der Waals surface area (Å²) in [6, 6.07) is 1.93. The molecule has 3 nitrogen and oxygen atoms in total. The van der Waals surface area contributed by atoms with Crippen molar-refractivity contribution < 1.29 is 4.79 Å². The van der Waals surface area contributed by atoms with Gasteiger partial charge in [0.25, 0.3) is 0 Å². The van der Waals surface area contributed by atoms with E-state index >= 15 is 0 Å². The Morgan fingerprint density at radius 1 is 1.47 bits per heavy atom. The standard InChI is InChI=1S/C11H12N2OS/c1-7-4-10(15-8(7)2)11(14)9-5-13(3)6-12-9/h4-6H,1-3H3. The third-order valence-corrected chi connectivity index (χ3v) is 3.48. The average molecular weight is 220 g/mol. The average Bonchev–Trinajstić information content (AvgIpc) is 2.74. The van der Waals surface area contributed by atoms with Crippen molar-refractivity contribution in [2.24, 2.45) is 7.05 Å². The zero-order valence-corrected chi connectivity index (χ0v) is 9.76. The molecule has 0 aliphatic rings. The second-order valence-electron chi connectivity index (χ2n) is 3.60. The minimum atomic E-state index is 0.0109. The Bertz CT molecular complexity index is 491. The highest BCUT2D eigenvalue weighted by atomic mass is 32.1. The minimum absolute atomic E-state index is 0.0109. The first-order valence-electron chi connectivity index (χ1n) is 4.67. The van der Waals surface area contributed by atoms with Crippen LogP contribution in [0.3, 0.4) is 0 Å². The van der Waals surface area contributed by atoms with Crippen LogP contribution >= 0.6 is 11.3 Å². The summed E-state index contributed by atoms with van der Waals surface area (Å²) in [5, 5.41) is 0. The van der Waals surface area contributed by atoms with Crippen molar-refractivity contribution in [3.63, 3.8) is 0 Å². The van der Waals surface area contributed by atoms with Gasteiger partial charge < -0.3 is 4.57 Å². The maximum Gasteiger partial charge on any atom is 0.222 e. The molecule has 0 amide bonds. The van der Waals surface area contributed by atoms with Crippen molar-refractivity contribution in [1.29, 1.82) is 0 Å². The van der Waals surface area contributed by atoms with Gasteiger partial charge in [-0.25, -0.2) is 4.98 Å². The van der Waals surface area contributed by atoms with Crippen LogP contribution in [0.4, 0.5) is 0 Å². The molecule has 15 heavy (non-hydrogen) atoms. The highest BCUT2D eigenvalue weighted by Gasteiger charge is 2.14. The summed E-state index contributed by atoms with van der Waals surface area (Å²) in [4.78, 5) is 18.0. The Balaban J connectivity index is 2.36. The van der Waals surface area contributed by atoms with Crippen LogP contribution in [0.1, 0.15) is 25.8 Å². The highest BCUT2D eigenvalue weighted by Crippen LogP contribution is 2.22. The van der Waals surface area contributed by atoms with Crippen molar-refractivity contribution in [1.82, 2.24) is 9.55 Å². The Morgan fingerprint density at radius 3 is 2.67 bits per heavy atom. The number of carbonyl (C=O) groups is 1. The molecule has 2 rings (SSSR count). The van der Waals surface area contributed by atoms with E-state index in [9.17, 15) is 4.79 Å². The maximum absolute atomic E-state index is 12.0. The topological polar surface area (TPSA) is 34.9 Å². The Hall–Kier alpha value is -1.42. The van der Waals surface area contributed by atoms with Crippen LogP contribution in [-0.2, 0) is 7.05 Å². The number of hydrogen-bond acceptors (Lipinski definition) is 3. The van der Waals surface area contributed by atoms with E-state index in [1.807, 2.05) is 27.0 Å². The van der Waals surface area contributed by atoms with Gasteiger partial charge in [-0.2, -0.15) is 0 Å². The molecular weight excluding hydrogens is 208 g/mol. The first-order valence-corrected chi connectivity index (χ1v) is 5.49. The van der Waals surface area contributed by atoms with Gasteiger partial charge in [-0.1, -0.05) is 0 Å². The first kappa shape index (κ1) is 10.1. The van der Waals surface area contributed by atoms with Crippen molar-refractivity contribution in [2.75, 3.05) is 0 Å². The van der Waals surface area contributed by atoms with Gasteiger partial charge >= 0.3 is 0 Å². The molecule has 0 spiro atoms. The number of rotatable bonds is 2. The molecule has 4 heteroatoms. The summed E-state index contributed by atoms with van der Waals surface area (Å²) >= 11 is 1.53. The first-order chi connectivity index (χ1) is 7.08. The van der Waals surface area contributed by atoms with Crippen LogP contribution in [0, 0.1) is 13.8 Å². The van der Waals surface area contributed by atoms with Gasteiger partial charge in [-0.3, -0.25) is 4.79 Å². The molecular formula is C11H12N2OS. The molecule has 0 saturated heterocycles. The SMILES string of the molecule is Cc1cc(C(=O)c2cn(C)cn2)sc1C. The van der Waals surface area contributed by atoms with Crippen LogP contribution in [-0.4, -0.2) is 15.3 Å². The normalized spacial score (nSPS) is 10.6. The van der Waals surface area contributed by atoms with Gasteiger partial charge in [0.05, 0.1) is 11.2 Å². The van der Waals surface area contributed by atoms with E-state index in [0.29, 0.717) is 5.69 Å². The zero-order chi connectivity index (χ0) is 11.0. The summed E-state index contributed by atoms with van der Waals surface area (Å²) in [5.41, 5.74) is 1.68. The number of ketones is 1. The zero-order valence-electron chi connectivity index (χ0n) is 8.94. The van der Waals surface area contributed by atoms with Crippen LogP contribution in [0.25, 0.3) is 0 Å². The number of aryl methyl sites for hydroxylation is 3. The Kier molecular flexibility index (Phi) is 2.44.